The van der Waals surface area contributed by atoms with E-state index in [1.54, 1.807) is 0 Å². The average Bonchev–Trinajstić information content (AvgIpc) is 1.97. The van der Waals surface area contributed by atoms with Gasteiger partial charge in [0.2, 0.25) is 0 Å². The molecule has 0 aromatic rings. The van der Waals surface area contributed by atoms with Crippen molar-refractivity contribution in [3.8, 4) is 0 Å². The Hall–Kier alpha value is -0.570. The maximum atomic E-state index is 5.79. The molecular formula is C11H25N3. The molecule has 0 atom stereocenters. The van der Waals surface area contributed by atoms with E-state index in [0.717, 1.165) is 18.9 Å². The summed E-state index contributed by atoms with van der Waals surface area (Å²) < 4.78 is 0. The Morgan fingerprint density at radius 1 is 1.36 bits per heavy atom. The summed E-state index contributed by atoms with van der Waals surface area (Å²) in [5.74, 6) is 1.11. The molecule has 0 unspecified atom stereocenters. The molecule has 0 aliphatic carbocycles. The van der Waals surface area contributed by atoms with E-state index < -0.39 is 0 Å². The van der Waals surface area contributed by atoms with Crippen molar-refractivity contribution in [2.75, 3.05) is 27.2 Å². The van der Waals surface area contributed by atoms with Gasteiger partial charge in [-0.3, -0.25) is 4.99 Å². The molecule has 0 aliphatic heterocycles. The second-order valence-electron chi connectivity index (χ2n) is 5.30. The molecule has 0 saturated heterocycles. The Morgan fingerprint density at radius 2 is 1.86 bits per heavy atom. The second kappa shape index (κ2) is 5.35. The van der Waals surface area contributed by atoms with Crippen LogP contribution in [0.15, 0.2) is 4.99 Å². The molecule has 0 rings (SSSR count). The zero-order chi connectivity index (χ0) is 11.4. The minimum Gasteiger partial charge on any atom is -0.387 e. The highest BCUT2D eigenvalue weighted by Gasteiger charge is 2.18. The fourth-order valence-corrected chi connectivity index (χ4v) is 1.39. The third-order valence-corrected chi connectivity index (χ3v) is 2.03. The number of nitrogens with zero attached hydrogens (tertiary/aromatic N) is 2. The molecule has 84 valence electrons. The largest absolute Gasteiger partial charge is 0.387 e. The van der Waals surface area contributed by atoms with Crippen molar-refractivity contribution in [2.24, 2.45) is 22.1 Å². The van der Waals surface area contributed by atoms with Crippen molar-refractivity contribution in [1.29, 1.82) is 0 Å². The molecule has 0 aliphatic rings. The maximum absolute atomic E-state index is 5.79. The van der Waals surface area contributed by atoms with Gasteiger partial charge in [0.1, 0.15) is 0 Å². The number of hydrogen-bond acceptors (Lipinski definition) is 2. The van der Waals surface area contributed by atoms with Crippen LogP contribution < -0.4 is 5.73 Å². The van der Waals surface area contributed by atoms with Gasteiger partial charge in [0.05, 0.1) is 5.84 Å². The lowest BCUT2D eigenvalue weighted by molar-refractivity contribution is 0.249. The van der Waals surface area contributed by atoms with Gasteiger partial charge in [-0.05, 0) is 19.5 Å². The molecule has 0 aromatic carbocycles. The number of aliphatic imine (C=N–C) groups is 1. The molecular weight excluding hydrogens is 174 g/mol. The third-order valence-electron chi connectivity index (χ3n) is 2.03. The normalized spacial score (nSPS) is 14.1. The van der Waals surface area contributed by atoms with Crippen molar-refractivity contribution >= 4 is 5.84 Å². The van der Waals surface area contributed by atoms with Crippen molar-refractivity contribution in [2.45, 2.75) is 27.7 Å². The summed E-state index contributed by atoms with van der Waals surface area (Å²) in [4.78, 5) is 6.60. The Balaban J connectivity index is 4.16. The molecule has 0 amide bonds. The van der Waals surface area contributed by atoms with Crippen LogP contribution in [-0.4, -0.2) is 37.9 Å². The summed E-state index contributed by atoms with van der Waals surface area (Å²) in [7, 11) is 4.16. The van der Waals surface area contributed by atoms with E-state index >= 15 is 0 Å². The van der Waals surface area contributed by atoms with Crippen LogP contribution >= 0.6 is 0 Å². The first-order valence-electron chi connectivity index (χ1n) is 5.19. The smallest absolute Gasteiger partial charge is 0.0963 e. The topological polar surface area (TPSA) is 41.6 Å². The van der Waals surface area contributed by atoms with E-state index in [1.165, 1.54) is 0 Å². The second-order valence-corrected chi connectivity index (χ2v) is 5.30. The highest BCUT2D eigenvalue weighted by atomic mass is 15.1. The quantitative estimate of drug-likeness (QED) is 0.539. The first kappa shape index (κ1) is 13.4. The third kappa shape index (κ3) is 5.97. The van der Waals surface area contributed by atoms with Crippen LogP contribution in [0.2, 0.25) is 0 Å². The van der Waals surface area contributed by atoms with E-state index in [-0.39, 0.29) is 5.41 Å². The molecule has 0 saturated carbocycles. The fraction of sp³-hybridized carbons (Fsp3) is 0.909. The summed E-state index contributed by atoms with van der Waals surface area (Å²) in [5, 5.41) is 0. The number of amidine groups is 1. The van der Waals surface area contributed by atoms with E-state index in [0.29, 0.717) is 5.92 Å². The van der Waals surface area contributed by atoms with Gasteiger partial charge in [-0.1, -0.05) is 27.7 Å². The summed E-state index contributed by atoms with van der Waals surface area (Å²) in [6.45, 7) is 10.4. The predicted octanol–water partition coefficient (Wildman–Crippen LogP) is 1.59. The predicted molar refractivity (Wildman–Crippen MR) is 63.7 cm³/mol. The molecule has 0 spiro atoms. The van der Waals surface area contributed by atoms with Gasteiger partial charge in [0.25, 0.3) is 0 Å². The van der Waals surface area contributed by atoms with E-state index in [2.05, 4.69) is 51.7 Å². The maximum Gasteiger partial charge on any atom is 0.0963 e. The fourth-order valence-electron chi connectivity index (χ4n) is 1.39. The standard InChI is InChI=1S/C11H25N3/c1-9(2)10(12)13-7-11(3,4)8-14(5)6/h9H,7-8H2,1-6H3,(H2,12,13). The Kier molecular flexibility index (Phi) is 5.13. The van der Waals surface area contributed by atoms with Crippen molar-refractivity contribution in [3.63, 3.8) is 0 Å². The van der Waals surface area contributed by atoms with Gasteiger partial charge in [0.15, 0.2) is 0 Å². The SMILES string of the molecule is CC(C)C(N)=NCC(C)(C)CN(C)C. The number of hydrogen-bond donors (Lipinski definition) is 1. The van der Waals surface area contributed by atoms with Gasteiger partial charge in [0, 0.05) is 19.0 Å². The minimum atomic E-state index is 0.197. The van der Waals surface area contributed by atoms with Gasteiger partial charge in [-0.15, -0.1) is 0 Å². The molecule has 3 heteroatoms. The summed E-state index contributed by atoms with van der Waals surface area (Å²) >= 11 is 0. The lowest BCUT2D eigenvalue weighted by Crippen LogP contribution is -2.32. The number of rotatable bonds is 5. The summed E-state index contributed by atoms with van der Waals surface area (Å²) in [5.41, 5.74) is 5.99. The van der Waals surface area contributed by atoms with Crippen LogP contribution in [0, 0.1) is 11.3 Å². The summed E-state index contributed by atoms with van der Waals surface area (Å²) in [6, 6.07) is 0. The van der Waals surface area contributed by atoms with Gasteiger partial charge < -0.3 is 10.6 Å². The van der Waals surface area contributed by atoms with Crippen LogP contribution in [0.5, 0.6) is 0 Å². The van der Waals surface area contributed by atoms with Crippen LogP contribution in [0.1, 0.15) is 27.7 Å². The van der Waals surface area contributed by atoms with E-state index in [1.807, 2.05) is 0 Å². The zero-order valence-corrected chi connectivity index (χ0v) is 10.5. The summed E-state index contributed by atoms with van der Waals surface area (Å²) in [6.07, 6.45) is 0. The van der Waals surface area contributed by atoms with Gasteiger partial charge in [-0.25, -0.2) is 0 Å². The Morgan fingerprint density at radius 3 is 2.21 bits per heavy atom. The molecule has 3 nitrogen and oxygen atoms in total. The lowest BCUT2D eigenvalue weighted by Gasteiger charge is -2.26. The highest BCUT2D eigenvalue weighted by molar-refractivity contribution is 5.82. The first-order chi connectivity index (χ1) is 6.24. The van der Waals surface area contributed by atoms with Crippen molar-refractivity contribution in [1.82, 2.24) is 4.90 Å². The molecule has 2 N–H and O–H groups in total. The van der Waals surface area contributed by atoms with Crippen LogP contribution in [-0.2, 0) is 0 Å². The van der Waals surface area contributed by atoms with Crippen LogP contribution in [0.25, 0.3) is 0 Å². The lowest BCUT2D eigenvalue weighted by atomic mass is 9.93. The van der Waals surface area contributed by atoms with Crippen LogP contribution in [0.3, 0.4) is 0 Å². The molecule has 0 heterocycles. The molecule has 14 heavy (non-hydrogen) atoms. The Bertz CT molecular complexity index is 193. The van der Waals surface area contributed by atoms with Crippen LogP contribution in [0.4, 0.5) is 0 Å². The first-order valence-corrected chi connectivity index (χ1v) is 5.19. The Labute approximate surface area is 88.4 Å². The molecule has 0 radical (unpaired) electrons. The number of nitrogens with two attached hydrogens (primary N) is 1. The van der Waals surface area contributed by atoms with Gasteiger partial charge in [-0.2, -0.15) is 0 Å². The molecule has 0 bridgehead atoms. The van der Waals surface area contributed by atoms with Crippen molar-refractivity contribution < 1.29 is 0 Å². The van der Waals surface area contributed by atoms with E-state index in [4.69, 9.17) is 5.73 Å². The monoisotopic (exact) mass is 199 g/mol. The highest BCUT2D eigenvalue weighted by Crippen LogP contribution is 2.16. The molecule has 0 aromatic heterocycles. The molecule has 0 fully saturated rings. The van der Waals surface area contributed by atoms with Crippen molar-refractivity contribution in [3.05, 3.63) is 0 Å². The minimum absolute atomic E-state index is 0.197. The van der Waals surface area contributed by atoms with Gasteiger partial charge >= 0.3 is 0 Å². The average molecular weight is 199 g/mol. The zero-order valence-electron chi connectivity index (χ0n) is 10.5. The van der Waals surface area contributed by atoms with E-state index in [9.17, 15) is 0 Å².